The van der Waals surface area contributed by atoms with Gasteiger partial charge in [-0.05, 0) is 32.9 Å². The van der Waals surface area contributed by atoms with Gasteiger partial charge in [-0.15, -0.1) is 0 Å². The van der Waals surface area contributed by atoms with Gasteiger partial charge < -0.3 is 10.1 Å². The molecule has 7 heteroatoms. The highest BCUT2D eigenvalue weighted by molar-refractivity contribution is 7.89. The fourth-order valence-electron chi connectivity index (χ4n) is 2.56. The predicted octanol–water partition coefficient (Wildman–Crippen LogP) is 2.38. The molecule has 0 aliphatic carbocycles. The molecule has 1 amide bonds. The van der Waals surface area contributed by atoms with Gasteiger partial charge in [0, 0.05) is 23.4 Å². The van der Waals surface area contributed by atoms with Crippen molar-refractivity contribution in [3.8, 4) is 5.75 Å². The molecule has 0 unspecified atom stereocenters. The highest BCUT2D eigenvalue weighted by atomic mass is 32.2. The molecule has 2 rings (SSSR count). The molecule has 0 aliphatic rings. The van der Waals surface area contributed by atoms with Crippen LogP contribution in [0.3, 0.4) is 0 Å². The van der Waals surface area contributed by atoms with E-state index in [9.17, 15) is 13.2 Å². The summed E-state index contributed by atoms with van der Waals surface area (Å²) in [6.45, 7) is 5.28. The monoisotopic (exact) mass is 364 g/mol. The Balaban J connectivity index is 2.40. The van der Waals surface area contributed by atoms with E-state index in [4.69, 9.17) is 4.74 Å². The van der Waals surface area contributed by atoms with Crippen LogP contribution in [-0.2, 0) is 14.8 Å². The normalized spacial score (nSPS) is 12.4. The Morgan fingerprint density at radius 2 is 1.72 bits per heavy atom. The van der Waals surface area contributed by atoms with Crippen molar-refractivity contribution in [1.29, 1.82) is 0 Å². The molecule has 0 radical (unpaired) electrons. The van der Waals surface area contributed by atoms with Crippen LogP contribution in [0.1, 0.15) is 20.8 Å². The number of amides is 1. The lowest BCUT2D eigenvalue weighted by Crippen LogP contribution is -2.46. The zero-order valence-electron chi connectivity index (χ0n) is 15.2. The summed E-state index contributed by atoms with van der Waals surface area (Å²) in [6, 6.07) is 10.3. The third kappa shape index (κ3) is 4.29. The first-order chi connectivity index (χ1) is 11.6. The summed E-state index contributed by atoms with van der Waals surface area (Å²) in [5.74, 6) is 0.249. The molecular formula is C18H24N2O4S. The quantitative estimate of drug-likeness (QED) is 0.884. The largest absolute Gasteiger partial charge is 0.496 e. The number of benzene rings is 2. The highest BCUT2D eigenvalue weighted by Gasteiger charge is 2.26. The number of hydrogen-bond donors (Lipinski definition) is 1. The smallest absolute Gasteiger partial charge is 0.243 e. The van der Waals surface area contributed by atoms with Crippen LogP contribution in [0.2, 0.25) is 0 Å². The van der Waals surface area contributed by atoms with Gasteiger partial charge in [0.2, 0.25) is 15.9 Å². The van der Waals surface area contributed by atoms with E-state index < -0.39 is 15.6 Å². The molecule has 0 fully saturated rings. The zero-order chi connectivity index (χ0) is 18.8. The standard InChI is InChI=1S/C18H24N2O4S/c1-18(2,3)19-17(21)12-20(4)25(22,23)16-11-10-15(24-5)13-8-6-7-9-14(13)16/h6-11H,12H2,1-5H3,(H,19,21). The number of nitrogens with zero attached hydrogens (tertiary/aromatic N) is 1. The van der Waals surface area contributed by atoms with Crippen LogP contribution in [0.25, 0.3) is 10.8 Å². The van der Waals surface area contributed by atoms with Crippen molar-refractivity contribution in [2.75, 3.05) is 20.7 Å². The Morgan fingerprint density at radius 3 is 2.28 bits per heavy atom. The number of sulfonamides is 1. The van der Waals surface area contributed by atoms with Gasteiger partial charge >= 0.3 is 0 Å². The third-order valence-corrected chi connectivity index (χ3v) is 5.49. The third-order valence-electron chi connectivity index (χ3n) is 3.63. The SMILES string of the molecule is COc1ccc(S(=O)(=O)N(C)CC(=O)NC(C)(C)C)c2ccccc12. The molecule has 0 aromatic heterocycles. The summed E-state index contributed by atoms with van der Waals surface area (Å²) >= 11 is 0. The maximum absolute atomic E-state index is 13.0. The van der Waals surface area contributed by atoms with Gasteiger partial charge in [0.1, 0.15) is 5.75 Å². The van der Waals surface area contributed by atoms with Crippen molar-refractivity contribution < 1.29 is 17.9 Å². The minimum atomic E-state index is -3.82. The van der Waals surface area contributed by atoms with E-state index in [2.05, 4.69) is 5.32 Å². The minimum absolute atomic E-state index is 0.148. The molecule has 0 aliphatic heterocycles. The molecule has 0 atom stereocenters. The van der Waals surface area contributed by atoms with E-state index >= 15 is 0 Å². The lowest BCUT2D eigenvalue weighted by atomic mass is 10.1. The first kappa shape index (κ1) is 19.2. The van der Waals surface area contributed by atoms with Gasteiger partial charge in [0.05, 0.1) is 18.6 Å². The molecule has 0 saturated heterocycles. The van der Waals surface area contributed by atoms with E-state index in [-0.39, 0.29) is 17.3 Å². The molecule has 0 spiro atoms. The second-order valence-electron chi connectivity index (χ2n) is 6.87. The Hall–Kier alpha value is -2.12. The molecule has 25 heavy (non-hydrogen) atoms. The number of fused-ring (bicyclic) bond motifs is 1. The molecular weight excluding hydrogens is 340 g/mol. The Morgan fingerprint density at radius 1 is 1.12 bits per heavy atom. The molecule has 136 valence electrons. The summed E-state index contributed by atoms with van der Waals surface area (Å²) in [7, 11) is -0.884. The van der Waals surface area contributed by atoms with E-state index in [0.717, 1.165) is 4.31 Å². The lowest BCUT2D eigenvalue weighted by molar-refractivity contribution is -0.122. The van der Waals surface area contributed by atoms with Crippen molar-refractivity contribution in [1.82, 2.24) is 9.62 Å². The minimum Gasteiger partial charge on any atom is -0.496 e. The van der Waals surface area contributed by atoms with Gasteiger partial charge in [0.15, 0.2) is 0 Å². The predicted molar refractivity (Wildman–Crippen MR) is 98.2 cm³/mol. The van der Waals surface area contributed by atoms with Gasteiger partial charge in [0.25, 0.3) is 0 Å². The Labute approximate surface area is 148 Å². The average Bonchev–Trinajstić information content (AvgIpc) is 2.51. The molecule has 2 aromatic rings. The van der Waals surface area contributed by atoms with Crippen LogP contribution < -0.4 is 10.1 Å². The van der Waals surface area contributed by atoms with Gasteiger partial charge in [-0.1, -0.05) is 24.3 Å². The van der Waals surface area contributed by atoms with Crippen molar-refractivity contribution >= 4 is 26.7 Å². The Bertz CT molecular complexity index is 886. The summed E-state index contributed by atoms with van der Waals surface area (Å²) in [5.41, 5.74) is -0.422. The maximum Gasteiger partial charge on any atom is 0.243 e. The molecule has 6 nitrogen and oxygen atoms in total. The average molecular weight is 364 g/mol. The van der Waals surface area contributed by atoms with Gasteiger partial charge in [-0.25, -0.2) is 8.42 Å². The summed E-state index contributed by atoms with van der Waals surface area (Å²) < 4.78 is 32.3. The second kappa shape index (κ2) is 7.01. The summed E-state index contributed by atoms with van der Waals surface area (Å²) in [6.07, 6.45) is 0. The van der Waals surface area contributed by atoms with Crippen molar-refractivity contribution in [3.63, 3.8) is 0 Å². The number of nitrogens with one attached hydrogen (secondary N) is 1. The van der Waals surface area contributed by atoms with Gasteiger partial charge in [-0.3, -0.25) is 4.79 Å². The molecule has 2 aromatic carbocycles. The number of carbonyl (C=O) groups excluding carboxylic acids is 1. The number of methoxy groups -OCH3 is 1. The van der Waals surface area contributed by atoms with Gasteiger partial charge in [-0.2, -0.15) is 4.31 Å². The number of carbonyl (C=O) groups is 1. The van der Waals surface area contributed by atoms with Crippen LogP contribution in [0.5, 0.6) is 5.75 Å². The fourth-order valence-corrected chi connectivity index (χ4v) is 3.88. The van der Waals surface area contributed by atoms with Crippen molar-refractivity contribution in [2.45, 2.75) is 31.2 Å². The van der Waals surface area contributed by atoms with Crippen LogP contribution in [0.4, 0.5) is 0 Å². The van der Waals surface area contributed by atoms with Crippen LogP contribution in [-0.4, -0.2) is 44.9 Å². The summed E-state index contributed by atoms with van der Waals surface area (Å²) in [5, 5.41) is 4.03. The van der Waals surface area contributed by atoms with E-state index in [1.165, 1.54) is 13.1 Å². The van der Waals surface area contributed by atoms with Crippen LogP contribution in [0, 0.1) is 0 Å². The maximum atomic E-state index is 13.0. The molecule has 0 saturated carbocycles. The number of likely N-dealkylation sites (N-methyl/N-ethyl adjacent to an activating group) is 1. The molecule has 0 bridgehead atoms. The summed E-state index contributed by atoms with van der Waals surface area (Å²) in [4.78, 5) is 12.2. The molecule has 0 heterocycles. The number of ether oxygens (including phenoxy) is 1. The van der Waals surface area contributed by atoms with E-state index in [1.54, 1.807) is 31.4 Å². The van der Waals surface area contributed by atoms with Crippen molar-refractivity contribution in [2.24, 2.45) is 0 Å². The topological polar surface area (TPSA) is 75.7 Å². The lowest BCUT2D eigenvalue weighted by Gasteiger charge is -2.23. The zero-order valence-corrected chi connectivity index (χ0v) is 16.0. The van der Waals surface area contributed by atoms with Crippen molar-refractivity contribution in [3.05, 3.63) is 36.4 Å². The number of rotatable bonds is 5. The van der Waals surface area contributed by atoms with Crippen LogP contribution >= 0.6 is 0 Å². The molecule has 1 N–H and O–H groups in total. The second-order valence-corrected chi connectivity index (χ2v) is 8.88. The van der Waals surface area contributed by atoms with E-state index in [1.807, 2.05) is 26.8 Å². The fraction of sp³-hybridized carbons (Fsp3) is 0.389. The first-order valence-corrected chi connectivity index (χ1v) is 9.33. The highest BCUT2D eigenvalue weighted by Crippen LogP contribution is 2.31. The number of hydrogen-bond acceptors (Lipinski definition) is 4. The first-order valence-electron chi connectivity index (χ1n) is 7.89. The Kier molecular flexibility index (Phi) is 5.39. The van der Waals surface area contributed by atoms with E-state index in [0.29, 0.717) is 16.5 Å². The van der Waals surface area contributed by atoms with Crippen LogP contribution in [0.15, 0.2) is 41.3 Å².